The summed E-state index contributed by atoms with van der Waals surface area (Å²) in [5, 5.41) is 0. The number of hydrogen-bond acceptors (Lipinski definition) is 8. The van der Waals surface area contributed by atoms with Crippen LogP contribution < -0.4 is 4.89 Å². The zero-order valence-electron chi connectivity index (χ0n) is 26.5. The van der Waals surface area contributed by atoms with Crippen LogP contribution in [-0.2, 0) is 32.6 Å². The van der Waals surface area contributed by atoms with Gasteiger partial charge in [-0.3, -0.25) is 9.36 Å². The average molecular weight is 596 g/mol. The van der Waals surface area contributed by atoms with Gasteiger partial charge < -0.3 is 32.6 Å². The third-order valence-electron chi connectivity index (χ3n) is 6.73. The van der Waals surface area contributed by atoms with E-state index < -0.39 is 13.9 Å². The third kappa shape index (κ3) is 29.0. The molecule has 2 atom stereocenters. The molecule has 0 aromatic heterocycles. The maximum atomic E-state index is 12.2. The molecule has 0 saturated carbocycles. The van der Waals surface area contributed by atoms with Gasteiger partial charge in [0.2, 0.25) is 0 Å². The Labute approximate surface area is 245 Å². The van der Waals surface area contributed by atoms with Gasteiger partial charge in [0.15, 0.2) is 0 Å². The molecule has 0 rings (SSSR count). The quantitative estimate of drug-likeness (QED) is 0.0406. The highest BCUT2D eigenvalue weighted by atomic mass is 31.2. The second-order valence-corrected chi connectivity index (χ2v) is 13.2. The Morgan fingerprint density at radius 3 is 1.77 bits per heavy atom. The van der Waals surface area contributed by atoms with E-state index in [-0.39, 0.29) is 25.8 Å². The number of quaternary nitrogens is 1. The van der Waals surface area contributed by atoms with Crippen molar-refractivity contribution in [2.45, 2.75) is 122 Å². The largest absolute Gasteiger partial charge is 0.756 e. The van der Waals surface area contributed by atoms with E-state index in [0.29, 0.717) is 43.5 Å². The molecule has 0 heterocycles. The molecule has 0 bridgehead atoms. The first-order valence-corrected chi connectivity index (χ1v) is 17.2. The van der Waals surface area contributed by atoms with E-state index >= 15 is 0 Å². The predicted octanol–water partition coefficient (Wildman–Crippen LogP) is 6.42. The Morgan fingerprint density at radius 1 is 0.725 bits per heavy atom. The summed E-state index contributed by atoms with van der Waals surface area (Å²) in [6.07, 6.45) is 19.3. The van der Waals surface area contributed by atoms with Crippen molar-refractivity contribution >= 4 is 13.8 Å². The lowest BCUT2D eigenvalue weighted by atomic mass is 10.0. The average Bonchev–Trinajstić information content (AvgIpc) is 2.89. The van der Waals surface area contributed by atoms with Crippen LogP contribution in [0.15, 0.2) is 0 Å². The minimum Gasteiger partial charge on any atom is -0.756 e. The Morgan fingerprint density at radius 2 is 1.25 bits per heavy atom. The zero-order chi connectivity index (χ0) is 30.0. The van der Waals surface area contributed by atoms with Crippen LogP contribution in [0.25, 0.3) is 0 Å². The summed E-state index contributed by atoms with van der Waals surface area (Å²) in [7, 11) is 2.81. The molecule has 0 aromatic rings. The second kappa shape index (κ2) is 26.1. The molecule has 40 heavy (non-hydrogen) atoms. The number of methoxy groups -OCH3 is 1. The van der Waals surface area contributed by atoms with Crippen molar-refractivity contribution in [2.75, 3.05) is 67.8 Å². The molecule has 0 amide bonds. The summed E-state index contributed by atoms with van der Waals surface area (Å²) >= 11 is 0. The van der Waals surface area contributed by atoms with E-state index in [2.05, 4.69) is 11.7 Å². The van der Waals surface area contributed by atoms with Crippen molar-refractivity contribution in [3.63, 3.8) is 0 Å². The number of ether oxygens (including phenoxy) is 3. The molecule has 2 unspecified atom stereocenters. The number of rotatable bonds is 30. The summed E-state index contributed by atoms with van der Waals surface area (Å²) in [6.45, 7) is 3.92. The van der Waals surface area contributed by atoms with Crippen molar-refractivity contribution in [1.82, 2.24) is 0 Å². The Balaban J connectivity index is 4.07. The smallest absolute Gasteiger partial charge is 0.305 e. The van der Waals surface area contributed by atoms with E-state index in [1.165, 1.54) is 84.2 Å². The van der Waals surface area contributed by atoms with Crippen LogP contribution in [0.2, 0.25) is 0 Å². The van der Waals surface area contributed by atoms with Crippen LogP contribution in [-0.4, -0.2) is 84.4 Å². The second-order valence-electron chi connectivity index (χ2n) is 11.8. The lowest BCUT2D eigenvalue weighted by Crippen LogP contribution is -2.37. The van der Waals surface area contributed by atoms with Crippen LogP contribution >= 0.6 is 7.82 Å². The highest BCUT2D eigenvalue weighted by Crippen LogP contribution is 2.38. The summed E-state index contributed by atoms with van der Waals surface area (Å²) in [4.78, 5) is 23.4. The number of carbonyl (C=O) groups is 1. The molecule has 0 aliphatic carbocycles. The number of carbonyl (C=O) groups excluding carboxylic acids is 1. The van der Waals surface area contributed by atoms with Crippen molar-refractivity contribution in [1.29, 1.82) is 0 Å². The van der Waals surface area contributed by atoms with Gasteiger partial charge in [-0.25, -0.2) is 0 Å². The van der Waals surface area contributed by atoms with E-state index in [9.17, 15) is 14.3 Å². The standard InChI is InChI=1S/C30H62NO8P/c1-6-7-8-9-10-11-12-13-14-15-16-17-18-20-24-36-27-29(37-25-21-19-22-30(32)35-5)28-39-40(33,34)38-26-23-31(2,3)4/h29H,6-28H2,1-5H3. The van der Waals surface area contributed by atoms with Gasteiger partial charge in [-0.2, -0.15) is 0 Å². The summed E-state index contributed by atoms with van der Waals surface area (Å²) in [6, 6.07) is 0. The van der Waals surface area contributed by atoms with E-state index in [4.69, 9.17) is 18.5 Å². The van der Waals surface area contributed by atoms with Crippen LogP contribution in [0.4, 0.5) is 0 Å². The Hall–Kier alpha value is -0.540. The molecule has 0 N–H and O–H groups in total. The molecule has 10 heteroatoms. The maximum Gasteiger partial charge on any atom is 0.305 e. The molecule has 240 valence electrons. The highest BCUT2D eigenvalue weighted by Gasteiger charge is 2.18. The van der Waals surface area contributed by atoms with Gasteiger partial charge in [0.05, 0.1) is 41.5 Å². The first kappa shape index (κ1) is 39.5. The molecule has 9 nitrogen and oxygen atoms in total. The van der Waals surface area contributed by atoms with Crippen molar-refractivity contribution in [3.8, 4) is 0 Å². The Kier molecular flexibility index (Phi) is 25.8. The van der Waals surface area contributed by atoms with Gasteiger partial charge in [0.1, 0.15) is 19.3 Å². The minimum atomic E-state index is -4.43. The van der Waals surface area contributed by atoms with Crippen LogP contribution in [0, 0.1) is 0 Å². The first-order chi connectivity index (χ1) is 19.1. The third-order valence-corrected chi connectivity index (χ3v) is 7.70. The normalized spacial score (nSPS) is 14.2. The van der Waals surface area contributed by atoms with E-state index in [1.807, 2.05) is 21.1 Å². The van der Waals surface area contributed by atoms with Crippen molar-refractivity contribution < 1.29 is 42.0 Å². The number of likely N-dealkylation sites (N-methyl/N-ethyl adjacent to an activating group) is 1. The fourth-order valence-electron chi connectivity index (χ4n) is 4.12. The van der Waals surface area contributed by atoms with Gasteiger partial charge in [-0.1, -0.05) is 90.4 Å². The van der Waals surface area contributed by atoms with Crippen LogP contribution in [0.1, 0.15) is 116 Å². The van der Waals surface area contributed by atoms with E-state index in [1.54, 1.807) is 0 Å². The lowest BCUT2D eigenvalue weighted by molar-refractivity contribution is -0.870. The summed E-state index contributed by atoms with van der Waals surface area (Å²) in [5.74, 6) is -0.255. The van der Waals surface area contributed by atoms with Crippen molar-refractivity contribution in [2.24, 2.45) is 0 Å². The van der Waals surface area contributed by atoms with E-state index in [0.717, 1.165) is 12.8 Å². The minimum absolute atomic E-state index is 0.0545. The van der Waals surface area contributed by atoms with Gasteiger partial charge in [0, 0.05) is 19.6 Å². The number of hydrogen-bond donors (Lipinski definition) is 0. The lowest BCUT2D eigenvalue weighted by Gasteiger charge is -2.28. The Bertz CT molecular complexity index is 629. The predicted molar refractivity (Wildman–Crippen MR) is 159 cm³/mol. The molecule has 0 aromatic carbocycles. The molecule has 0 aliphatic rings. The molecule has 0 aliphatic heterocycles. The number of nitrogens with zero attached hydrogens (tertiary/aromatic N) is 1. The molecule has 0 saturated heterocycles. The number of esters is 1. The summed E-state index contributed by atoms with van der Waals surface area (Å²) in [5.41, 5.74) is 0. The molecular formula is C30H62NO8P. The number of phosphoric ester groups is 1. The number of unbranched alkanes of at least 4 members (excludes halogenated alkanes) is 14. The summed E-state index contributed by atoms with van der Waals surface area (Å²) < 4.78 is 39.1. The highest BCUT2D eigenvalue weighted by molar-refractivity contribution is 7.45. The van der Waals surface area contributed by atoms with Gasteiger partial charge in [-0.15, -0.1) is 0 Å². The maximum absolute atomic E-state index is 12.2. The zero-order valence-corrected chi connectivity index (χ0v) is 27.4. The van der Waals surface area contributed by atoms with Gasteiger partial charge >= 0.3 is 5.97 Å². The van der Waals surface area contributed by atoms with Crippen molar-refractivity contribution in [3.05, 3.63) is 0 Å². The number of phosphoric acid groups is 1. The molecule has 0 spiro atoms. The molecular weight excluding hydrogens is 533 g/mol. The van der Waals surface area contributed by atoms with Gasteiger partial charge in [-0.05, 0) is 19.3 Å². The monoisotopic (exact) mass is 595 g/mol. The first-order valence-electron chi connectivity index (χ1n) is 15.8. The van der Waals surface area contributed by atoms with Gasteiger partial charge in [0.25, 0.3) is 7.82 Å². The molecule has 0 fully saturated rings. The molecule has 0 radical (unpaired) electrons. The fraction of sp³-hybridized carbons (Fsp3) is 0.967. The van der Waals surface area contributed by atoms with Crippen LogP contribution in [0.3, 0.4) is 0 Å². The van der Waals surface area contributed by atoms with Crippen LogP contribution in [0.5, 0.6) is 0 Å². The SMILES string of the molecule is CCCCCCCCCCCCCCCCOCC(COP(=O)([O-])OCC[N+](C)(C)C)OCCCCC(=O)OC. The topological polar surface area (TPSA) is 103 Å². The fourth-order valence-corrected chi connectivity index (χ4v) is 4.85.